The monoisotopic (exact) mass is 402 g/mol. The molecule has 3 heterocycles. The molecule has 2 atom stereocenters. The highest BCUT2D eigenvalue weighted by atomic mass is 32.1. The first-order valence-corrected chi connectivity index (χ1v) is 11.0. The van der Waals surface area contributed by atoms with Gasteiger partial charge in [0, 0.05) is 29.8 Å². The molecular weight excluding hydrogens is 376 g/mol. The molecule has 5 rings (SSSR count). The van der Waals surface area contributed by atoms with Gasteiger partial charge in [-0.05, 0) is 61.5 Å². The van der Waals surface area contributed by atoms with Crippen molar-refractivity contribution in [2.75, 3.05) is 0 Å². The van der Waals surface area contributed by atoms with Crippen molar-refractivity contribution in [3.8, 4) is 5.69 Å². The van der Waals surface area contributed by atoms with Crippen molar-refractivity contribution in [2.45, 2.75) is 50.2 Å². The Morgan fingerprint density at radius 2 is 1.69 bits per heavy atom. The van der Waals surface area contributed by atoms with Crippen molar-refractivity contribution < 1.29 is 0 Å². The molecule has 3 aromatic rings. The number of pyridine rings is 1. The van der Waals surface area contributed by atoms with Crippen LogP contribution in [0.5, 0.6) is 0 Å². The average molecular weight is 403 g/mol. The lowest BCUT2D eigenvalue weighted by Crippen LogP contribution is -2.40. The van der Waals surface area contributed by atoms with Crippen LogP contribution < -0.4 is 5.32 Å². The Morgan fingerprint density at radius 3 is 2.45 bits per heavy atom. The van der Waals surface area contributed by atoms with Gasteiger partial charge in [-0.1, -0.05) is 43.5 Å². The number of aromatic nitrogens is 2. The smallest absolute Gasteiger partial charge is 0.170 e. The number of thiocarbonyl (C=S) groups is 1. The summed E-state index contributed by atoms with van der Waals surface area (Å²) in [4.78, 5) is 7.15. The third-order valence-corrected chi connectivity index (χ3v) is 6.55. The first kappa shape index (κ1) is 18.4. The molecule has 1 saturated heterocycles. The minimum atomic E-state index is 0.0444. The van der Waals surface area contributed by atoms with E-state index < -0.39 is 0 Å². The summed E-state index contributed by atoms with van der Waals surface area (Å²) in [5.41, 5.74) is 3.47. The Morgan fingerprint density at radius 1 is 0.897 bits per heavy atom. The van der Waals surface area contributed by atoms with E-state index in [0.29, 0.717) is 6.04 Å². The Labute approximate surface area is 177 Å². The van der Waals surface area contributed by atoms with E-state index in [1.165, 1.54) is 43.5 Å². The van der Waals surface area contributed by atoms with Crippen molar-refractivity contribution in [3.05, 3.63) is 84.4 Å². The van der Waals surface area contributed by atoms with Crippen molar-refractivity contribution in [1.29, 1.82) is 0 Å². The van der Waals surface area contributed by atoms with Gasteiger partial charge in [0.2, 0.25) is 0 Å². The summed E-state index contributed by atoms with van der Waals surface area (Å²) in [7, 11) is 0. The summed E-state index contributed by atoms with van der Waals surface area (Å²) >= 11 is 5.89. The maximum Gasteiger partial charge on any atom is 0.170 e. The number of hydrogen-bond donors (Lipinski definition) is 1. The number of nitrogens with one attached hydrogen (secondary N) is 1. The van der Waals surface area contributed by atoms with E-state index in [0.717, 1.165) is 10.8 Å². The van der Waals surface area contributed by atoms with Crippen LogP contribution in [0.3, 0.4) is 0 Å². The molecule has 0 radical (unpaired) electrons. The first-order valence-electron chi connectivity index (χ1n) is 10.6. The average Bonchev–Trinajstić information content (AvgIpc) is 3.40. The topological polar surface area (TPSA) is 33.1 Å². The Balaban J connectivity index is 1.61. The summed E-state index contributed by atoms with van der Waals surface area (Å²) in [5.74, 6) is 0. The molecule has 4 nitrogen and oxygen atoms in total. The summed E-state index contributed by atoms with van der Waals surface area (Å²) < 4.78 is 2.30. The van der Waals surface area contributed by atoms with Gasteiger partial charge in [-0.3, -0.25) is 4.98 Å². The number of para-hydroxylation sites is 1. The highest BCUT2D eigenvalue weighted by Gasteiger charge is 2.44. The van der Waals surface area contributed by atoms with Crippen LogP contribution in [-0.4, -0.2) is 25.6 Å². The molecule has 2 aromatic heterocycles. The van der Waals surface area contributed by atoms with Crippen LogP contribution >= 0.6 is 12.2 Å². The van der Waals surface area contributed by atoms with E-state index in [1.807, 2.05) is 12.3 Å². The second kappa shape index (κ2) is 7.99. The molecule has 0 unspecified atom stereocenters. The zero-order chi connectivity index (χ0) is 19.6. The maximum absolute atomic E-state index is 5.89. The second-order valence-electron chi connectivity index (χ2n) is 7.96. The quantitative estimate of drug-likeness (QED) is 0.610. The Bertz CT molecular complexity index is 963. The third kappa shape index (κ3) is 3.44. The Hall–Kier alpha value is -2.66. The molecule has 1 aromatic carbocycles. The first-order chi connectivity index (χ1) is 14.3. The molecule has 1 saturated carbocycles. The number of hydrogen-bond acceptors (Lipinski definition) is 2. The molecule has 1 aliphatic heterocycles. The summed E-state index contributed by atoms with van der Waals surface area (Å²) in [6, 6.07) is 21.7. The van der Waals surface area contributed by atoms with E-state index >= 15 is 0 Å². The highest BCUT2D eigenvalue weighted by Crippen LogP contribution is 2.43. The molecule has 0 amide bonds. The van der Waals surface area contributed by atoms with Crippen LogP contribution in [-0.2, 0) is 0 Å². The predicted octanol–water partition coefficient (Wildman–Crippen LogP) is 5.18. The number of rotatable bonds is 4. The third-order valence-electron chi connectivity index (χ3n) is 6.22. The van der Waals surface area contributed by atoms with Gasteiger partial charge in [0.25, 0.3) is 0 Å². The predicted molar refractivity (Wildman–Crippen MR) is 120 cm³/mol. The normalized spacial score (nSPS) is 22.6. The molecule has 1 N–H and O–H groups in total. The van der Waals surface area contributed by atoms with Gasteiger partial charge < -0.3 is 14.8 Å². The standard InChI is InChI=1S/C24H26N4S/c29-24-26-22(20-14-7-8-16-25-20)23(28(24)19-12-5-2-6-13-19)21-15-9-17-27(21)18-10-3-1-4-11-18/h1,3-4,7-11,14-17,19,22-23H,2,5-6,12-13H2,(H,26,29)/t22-,23-/m1/s1. The lowest BCUT2D eigenvalue weighted by atomic mass is 9.92. The summed E-state index contributed by atoms with van der Waals surface area (Å²) in [6.45, 7) is 0. The lowest BCUT2D eigenvalue weighted by Gasteiger charge is -2.37. The highest BCUT2D eigenvalue weighted by molar-refractivity contribution is 7.80. The van der Waals surface area contributed by atoms with Gasteiger partial charge in [0.15, 0.2) is 5.11 Å². The number of nitrogens with zero attached hydrogens (tertiary/aromatic N) is 3. The molecule has 1 aliphatic carbocycles. The molecule has 2 aliphatic rings. The van der Waals surface area contributed by atoms with Crippen LogP contribution in [0.25, 0.3) is 5.69 Å². The molecular formula is C24H26N4S. The fraction of sp³-hybridized carbons (Fsp3) is 0.333. The van der Waals surface area contributed by atoms with Gasteiger partial charge in [0.1, 0.15) is 0 Å². The zero-order valence-electron chi connectivity index (χ0n) is 16.4. The summed E-state index contributed by atoms with van der Waals surface area (Å²) in [5, 5.41) is 4.48. The van der Waals surface area contributed by atoms with Gasteiger partial charge >= 0.3 is 0 Å². The summed E-state index contributed by atoms with van der Waals surface area (Å²) in [6.07, 6.45) is 10.3. The largest absolute Gasteiger partial charge is 0.352 e. The van der Waals surface area contributed by atoms with Crippen LogP contribution in [0.4, 0.5) is 0 Å². The van der Waals surface area contributed by atoms with Gasteiger partial charge in [0.05, 0.1) is 17.8 Å². The molecule has 0 spiro atoms. The fourth-order valence-electron chi connectivity index (χ4n) is 4.89. The maximum atomic E-state index is 5.89. The van der Waals surface area contributed by atoms with Gasteiger partial charge in [-0.2, -0.15) is 0 Å². The molecule has 29 heavy (non-hydrogen) atoms. The molecule has 148 valence electrons. The van der Waals surface area contributed by atoms with Gasteiger partial charge in [-0.25, -0.2) is 0 Å². The lowest BCUT2D eigenvalue weighted by molar-refractivity contribution is 0.193. The van der Waals surface area contributed by atoms with E-state index in [1.54, 1.807) is 0 Å². The van der Waals surface area contributed by atoms with Gasteiger partial charge in [-0.15, -0.1) is 0 Å². The van der Waals surface area contributed by atoms with Crippen LogP contribution in [0, 0.1) is 0 Å². The van der Waals surface area contributed by atoms with Crippen LogP contribution in [0.1, 0.15) is 55.6 Å². The molecule has 0 bridgehead atoms. The molecule has 2 fully saturated rings. The van der Waals surface area contributed by atoms with Crippen molar-refractivity contribution in [2.24, 2.45) is 0 Å². The number of benzene rings is 1. The Kier molecular flexibility index (Phi) is 5.06. The van der Waals surface area contributed by atoms with E-state index in [-0.39, 0.29) is 12.1 Å². The van der Waals surface area contributed by atoms with E-state index in [9.17, 15) is 0 Å². The van der Waals surface area contributed by atoms with Crippen molar-refractivity contribution >= 4 is 17.3 Å². The van der Waals surface area contributed by atoms with E-state index in [2.05, 4.69) is 80.6 Å². The van der Waals surface area contributed by atoms with Crippen LogP contribution in [0.2, 0.25) is 0 Å². The minimum Gasteiger partial charge on any atom is -0.352 e. The fourth-order valence-corrected chi connectivity index (χ4v) is 5.28. The minimum absolute atomic E-state index is 0.0444. The molecule has 5 heteroatoms. The van der Waals surface area contributed by atoms with Crippen molar-refractivity contribution in [3.63, 3.8) is 0 Å². The zero-order valence-corrected chi connectivity index (χ0v) is 17.3. The van der Waals surface area contributed by atoms with E-state index in [4.69, 9.17) is 12.2 Å². The van der Waals surface area contributed by atoms with Crippen LogP contribution in [0.15, 0.2) is 73.1 Å². The second-order valence-corrected chi connectivity index (χ2v) is 8.35. The SMILES string of the molecule is S=C1N[C@H](c2ccccn2)[C@@H](c2cccn2-c2ccccc2)N1C1CCCCC1. The van der Waals surface area contributed by atoms with Crippen molar-refractivity contribution in [1.82, 2.24) is 19.8 Å².